The van der Waals surface area contributed by atoms with Crippen molar-refractivity contribution in [3.63, 3.8) is 0 Å². The molecule has 1 aromatic heterocycles. The summed E-state index contributed by atoms with van der Waals surface area (Å²) in [4.78, 5) is 2.41. The predicted octanol–water partition coefficient (Wildman–Crippen LogP) is 6.78. The van der Waals surface area contributed by atoms with Crippen molar-refractivity contribution in [2.75, 3.05) is 14.2 Å². The Morgan fingerprint density at radius 1 is 0.857 bits per heavy atom. The summed E-state index contributed by atoms with van der Waals surface area (Å²) >= 11 is 5.40. The lowest BCUT2D eigenvalue weighted by molar-refractivity contribution is 0.394. The molecule has 0 saturated carbocycles. The third-order valence-corrected chi connectivity index (χ3v) is 6.32. The Labute approximate surface area is 177 Å². The van der Waals surface area contributed by atoms with Crippen LogP contribution in [0.5, 0.6) is 11.5 Å². The summed E-state index contributed by atoms with van der Waals surface area (Å²) in [5.74, 6) is 1.55. The lowest BCUT2D eigenvalue weighted by atomic mass is 10.1. The molecule has 0 aliphatic rings. The summed E-state index contributed by atoms with van der Waals surface area (Å²) in [7, 11) is 5.46. The minimum Gasteiger partial charge on any atom is -0.497 e. The molecule has 4 aromatic rings. The standard InChI is InChI=1S/C23H20BrNO2S/c1-25-21-10-9-16(24)13-20(21)23(28-19-7-5-4-6-8-19)22(25)15-11-17(26-2)14-18(12-15)27-3/h4-14H,1-3H3. The maximum Gasteiger partial charge on any atom is 0.123 e. The number of ether oxygens (including phenoxy) is 2. The monoisotopic (exact) mass is 453 g/mol. The zero-order chi connectivity index (χ0) is 19.7. The van der Waals surface area contributed by atoms with Crippen LogP contribution in [-0.2, 0) is 7.05 Å². The van der Waals surface area contributed by atoms with E-state index in [2.05, 4.69) is 82.1 Å². The average molecular weight is 454 g/mol. The van der Waals surface area contributed by atoms with Crippen LogP contribution in [0, 0.1) is 0 Å². The van der Waals surface area contributed by atoms with Gasteiger partial charge in [0, 0.05) is 43.8 Å². The summed E-state index contributed by atoms with van der Waals surface area (Å²) in [6.45, 7) is 0. The number of benzene rings is 3. The number of aryl methyl sites for hydroxylation is 1. The molecule has 0 atom stereocenters. The van der Waals surface area contributed by atoms with Crippen LogP contribution < -0.4 is 9.47 Å². The topological polar surface area (TPSA) is 23.4 Å². The maximum atomic E-state index is 5.51. The van der Waals surface area contributed by atoms with E-state index in [0.29, 0.717) is 0 Å². The number of fused-ring (bicyclic) bond motifs is 1. The Hall–Kier alpha value is -2.37. The van der Waals surface area contributed by atoms with Crippen molar-refractivity contribution >= 4 is 38.6 Å². The number of hydrogen-bond acceptors (Lipinski definition) is 3. The first kappa shape index (κ1) is 19.0. The second kappa shape index (κ2) is 7.94. The number of hydrogen-bond donors (Lipinski definition) is 0. The van der Waals surface area contributed by atoms with Gasteiger partial charge in [-0.1, -0.05) is 45.9 Å². The normalized spacial score (nSPS) is 11.0. The maximum absolute atomic E-state index is 5.51. The van der Waals surface area contributed by atoms with Crippen LogP contribution in [0.25, 0.3) is 22.2 Å². The minimum absolute atomic E-state index is 0.774. The Bertz CT molecular complexity index is 1120. The number of halogens is 1. The molecule has 5 heteroatoms. The van der Waals surface area contributed by atoms with Gasteiger partial charge in [-0.3, -0.25) is 0 Å². The molecule has 3 nitrogen and oxygen atoms in total. The molecule has 3 aromatic carbocycles. The summed E-state index contributed by atoms with van der Waals surface area (Å²) in [6, 6.07) is 22.9. The molecule has 1 heterocycles. The van der Waals surface area contributed by atoms with Crippen molar-refractivity contribution in [1.82, 2.24) is 4.57 Å². The first-order chi connectivity index (χ1) is 13.6. The third kappa shape index (κ3) is 3.52. The second-order valence-corrected chi connectivity index (χ2v) is 8.41. The predicted molar refractivity (Wildman–Crippen MR) is 120 cm³/mol. The van der Waals surface area contributed by atoms with E-state index in [1.165, 1.54) is 20.7 Å². The van der Waals surface area contributed by atoms with Crippen molar-refractivity contribution in [2.24, 2.45) is 7.05 Å². The van der Waals surface area contributed by atoms with E-state index in [9.17, 15) is 0 Å². The van der Waals surface area contributed by atoms with Crippen LogP contribution in [0.4, 0.5) is 0 Å². The van der Waals surface area contributed by atoms with Crippen LogP contribution in [0.2, 0.25) is 0 Å². The lowest BCUT2D eigenvalue weighted by Crippen LogP contribution is -1.94. The van der Waals surface area contributed by atoms with E-state index in [1.807, 2.05) is 12.1 Å². The highest BCUT2D eigenvalue weighted by Gasteiger charge is 2.19. The fourth-order valence-electron chi connectivity index (χ4n) is 3.36. The second-order valence-electron chi connectivity index (χ2n) is 6.41. The molecule has 0 fully saturated rings. The molecule has 0 spiro atoms. The van der Waals surface area contributed by atoms with Crippen LogP contribution in [0.15, 0.2) is 81.0 Å². The number of rotatable bonds is 5. The van der Waals surface area contributed by atoms with Crippen molar-refractivity contribution in [3.8, 4) is 22.8 Å². The number of nitrogens with zero attached hydrogens (tertiary/aromatic N) is 1. The largest absolute Gasteiger partial charge is 0.497 e. The molecule has 0 N–H and O–H groups in total. The molecule has 0 unspecified atom stereocenters. The van der Waals surface area contributed by atoms with E-state index >= 15 is 0 Å². The van der Waals surface area contributed by atoms with Gasteiger partial charge in [-0.2, -0.15) is 0 Å². The molecular formula is C23H20BrNO2S. The van der Waals surface area contributed by atoms with Gasteiger partial charge in [-0.25, -0.2) is 0 Å². The molecule has 0 aliphatic heterocycles. The van der Waals surface area contributed by atoms with Gasteiger partial charge in [-0.15, -0.1) is 0 Å². The van der Waals surface area contributed by atoms with Gasteiger partial charge in [0.05, 0.1) is 19.9 Å². The third-order valence-electron chi connectivity index (χ3n) is 4.70. The highest BCUT2D eigenvalue weighted by Crippen LogP contribution is 2.44. The highest BCUT2D eigenvalue weighted by atomic mass is 79.9. The van der Waals surface area contributed by atoms with Gasteiger partial charge in [0.2, 0.25) is 0 Å². The molecule has 0 radical (unpaired) electrons. The molecular weight excluding hydrogens is 434 g/mol. The van der Waals surface area contributed by atoms with Gasteiger partial charge in [-0.05, 0) is 42.5 Å². The van der Waals surface area contributed by atoms with E-state index in [1.54, 1.807) is 26.0 Å². The highest BCUT2D eigenvalue weighted by molar-refractivity contribution is 9.10. The average Bonchev–Trinajstić information content (AvgIpc) is 2.99. The van der Waals surface area contributed by atoms with Gasteiger partial charge in [0.1, 0.15) is 11.5 Å². The van der Waals surface area contributed by atoms with Crippen LogP contribution in [-0.4, -0.2) is 18.8 Å². The minimum atomic E-state index is 0.774. The zero-order valence-corrected chi connectivity index (χ0v) is 18.3. The molecule has 0 aliphatic carbocycles. The molecule has 0 bridgehead atoms. The smallest absolute Gasteiger partial charge is 0.123 e. The first-order valence-corrected chi connectivity index (χ1v) is 10.5. The molecule has 0 amide bonds. The van der Waals surface area contributed by atoms with Crippen LogP contribution >= 0.6 is 27.7 Å². The molecule has 0 saturated heterocycles. The SMILES string of the molecule is COc1cc(OC)cc(-c2c(Sc3ccccc3)c3cc(Br)ccc3n2C)c1. The summed E-state index contributed by atoms with van der Waals surface area (Å²) in [5.41, 5.74) is 3.38. The summed E-state index contributed by atoms with van der Waals surface area (Å²) in [6.07, 6.45) is 0. The van der Waals surface area contributed by atoms with Crippen molar-refractivity contribution < 1.29 is 9.47 Å². The zero-order valence-electron chi connectivity index (χ0n) is 15.9. The fraction of sp³-hybridized carbons (Fsp3) is 0.130. The quantitative estimate of drug-likeness (QED) is 0.332. The van der Waals surface area contributed by atoms with Gasteiger partial charge >= 0.3 is 0 Å². The van der Waals surface area contributed by atoms with E-state index in [0.717, 1.165) is 27.2 Å². The summed E-state index contributed by atoms with van der Waals surface area (Å²) < 4.78 is 14.3. The van der Waals surface area contributed by atoms with E-state index in [4.69, 9.17) is 9.47 Å². The van der Waals surface area contributed by atoms with Gasteiger partial charge in [0.15, 0.2) is 0 Å². The van der Waals surface area contributed by atoms with E-state index in [-0.39, 0.29) is 0 Å². The van der Waals surface area contributed by atoms with Crippen molar-refractivity contribution in [2.45, 2.75) is 9.79 Å². The first-order valence-electron chi connectivity index (χ1n) is 8.85. The Morgan fingerprint density at radius 3 is 2.18 bits per heavy atom. The van der Waals surface area contributed by atoms with Crippen molar-refractivity contribution in [1.29, 1.82) is 0 Å². The van der Waals surface area contributed by atoms with Crippen LogP contribution in [0.1, 0.15) is 0 Å². The van der Waals surface area contributed by atoms with Crippen LogP contribution in [0.3, 0.4) is 0 Å². The van der Waals surface area contributed by atoms with Gasteiger partial charge in [0.25, 0.3) is 0 Å². The Balaban J connectivity index is 2.00. The number of aromatic nitrogens is 1. The Kier molecular flexibility index (Phi) is 5.38. The van der Waals surface area contributed by atoms with Gasteiger partial charge < -0.3 is 14.0 Å². The summed E-state index contributed by atoms with van der Waals surface area (Å²) in [5, 5.41) is 1.21. The molecule has 28 heavy (non-hydrogen) atoms. The molecule has 142 valence electrons. The van der Waals surface area contributed by atoms with Crippen molar-refractivity contribution in [3.05, 3.63) is 71.2 Å². The number of methoxy groups -OCH3 is 2. The molecule has 4 rings (SSSR count). The lowest BCUT2D eigenvalue weighted by Gasteiger charge is -2.12. The fourth-order valence-corrected chi connectivity index (χ4v) is 4.88. The Morgan fingerprint density at radius 2 is 1.54 bits per heavy atom. The van der Waals surface area contributed by atoms with E-state index < -0.39 is 0 Å².